The average Bonchev–Trinajstić information content (AvgIpc) is 2.86. The van der Waals surface area contributed by atoms with Gasteiger partial charge in [-0.2, -0.15) is 12.6 Å². The number of carbonyl (C=O) groups excluding carboxylic acids is 3. The van der Waals surface area contributed by atoms with E-state index in [-0.39, 0.29) is 30.3 Å². The van der Waals surface area contributed by atoms with E-state index < -0.39 is 47.9 Å². The minimum atomic E-state index is -1.19. The topological polar surface area (TPSA) is 197 Å². The van der Waals surface area contributed by atoms with E-state index in [0.29, 0.717) is 31.4 Å². The smallest absolute Gasteiger partial charge is 0.326 e. The highest BCUT2D eigenvalue weighted by atomic mass is 32.1. The first-order valence-corrected chi connectivity index (χ1v) is 12.7. The van der Waals surface area contributed by atoms with Crippen molar-refractivity contribution < 1.29 is 29.4 Å². The van der Waals surface area contributed by atoms with Crippen LogP contribution in [-0.2, 0) is 25.6 Å². The summed E-state index contributed by atoms with van der Waals surface area (Å²) in [4.78, 5) is 50.4. The second-order valence-corrected chi connectivity index (χ2v) is 9.14. The molecule has 1 rings (SSSR count). The number of phenols is 1. The Morgan fingerprint density at radius 3 is 2.11 bits per heavy atom. The molecule has 5 atom stereocenters. The Morgan fingerprint density at radius 2 is 1.58 bits per heavy atom. The Hall–Kier alpha value is -2.83. The number of benzene rings is 1. The fourth-order valence-electron chi connectivity index (χ4n) is 3.41. The van der Waals surface area contributed by atoms with E-state index in [1.54, 1.807) is 19.1 Å². The highest BCUT2D eigenvalue weighted by molar-refractivity contribution is 7.80. The summed E-state index contributed by atoms with van der Waals surface area (Å²) in [5.41, 5.74) is 11.8. The lowest BCUT2D eigenvalue weighted by Gasteiger charge is -2.28. The van der Waals surface area contributed by atoms with Crippen LogP contribution < -0.4 is 27.4 Å². The molecule has 36 heavy (non-hydrogen) atoms. The summed E-state index contributed by atoms with van der Waals surface area (Å²) in [6, 6.07) is 1.91. The fourth-order valence-corrected chi connectivity index (χ4v) is 3.57. The van der Waals surface area contributed by atoms with Crippen LogP contribution in [0.25, 0.3) is 0 Å². The first kappa shape index (κ1) is 31.2. The third-order valence-electron chi connectivity index (χ3n) is 5.90. The minimum Gasteiger partial charge on any atom is -0.508 e. The van der Waals surface area contributed by atoms with Gasteiger partial charge in [0.2, 0.25) is 17.7 Å². The van der Waals surface area contributed by atoms with Gasteiger partial charge in [0, 0.05) is 12.2 Å². The van der Waals surface area contributed by atoms with Crippen molar-refractivity contribution in [3.8, 4) is 5.75 Å². The van der Waals surface area contributed by atoms with Gasteiger partial charge in [-0.1, -0.05) is 32.4 Å². The summed E-state index contributed by atoms with van der Waals surface area (Å²) < 4.78 is 0. The van der Waals surface area contributed by atoms with Gasteiger partial charge in [-0.05, 0) is 49.4 Å². The SMILES string of the molecule is CC[C@H](C)[C@H](NC(=O)[C@@H](N)CS)C(=O)N[C@@H](Cc1ccc(O)cc1)C(=O)N[C@@H](CCCCN)C(=O)O. The van der Waals surface area contributed by atoms with E-state index in [4.69, 9.17) is 11.5 Å². The number of carbonyl (C=O) groups is 4. The number of amides is 3. The van der Waals surface area contributed by atoms with E-state index >= 15 is 0 Å². The van der Waals surface area contributed by atoms with E-state index in [0.717, 1.165) is 0 Å². The van der Waals surface area contributed by atoms with Gasteiger partial charge in [-0.3, -0.25) is 14.4 Å². The molecular formula is C24H39N5O6S. The zero-order valence-corrected chi connectivity index (χ0v) is 21.7. The summed E-state index contributed by atoms with van der Waals surface area (Å²) in [6.07, 6.45) is 1.90. The van der Waals surface area contributed by atoms with Crippen LogP contribution in [-0.4, -0.2) is 70.4 Å². The third kappa shape index (κ3) is 10.4. The molecule has 0 radical (unpaired) electrons. The van der Waals surface area contributed by atoms with Gasteiger partial charge in [0.25, 0.3) is 0 Å². The van der Waals surface area contributed by atoms with E-state index in [2.05, 4.69) is 28.6 Å². The standard InChI is InChI=1S/C24H39N5O6S/c1-3-14(2)20(29-21(31)17(26)13-36)23(33)28-19(12-15-7-9-16(30)10-8-15)22(32)27-18(24(34)35)6-4-5-11-25/h7-10,14,17-20,30,36H,3-6,11-13,25-26H2,1-2H3,(H,27,32)(H,28,33)(H,29,31)(H,34,35)/t14-,17-,18-,19-,20-/m0/s1. The van der Waals surface area contributed by atoms with Crippen molar-refractivity contribution in [3.63, 3.8) is 0 Å². The summed E-state index contributed by atoms with van der Waals surface area (Å²) >= 11 is 4.02. The molecule has 12 heteroatoms. The molecule has 0 fully saturated rings. The number of unbranched alkanes of at least 4 members (excludes halogenated alkanes) is 1. The maximum Gasteiger partial charge on any atom is 0.326 e. The van der Waals surface area contributed by atoms with Crippen LogP contribution in [0, 0.1) is 5.92 Å². The van der Waals surface area contributed by atoms with Crippen LogP contribution in [0.3, 0.4) is 0 Å². The number of aliphatic carboxylic acids is 1. The van der Waals surface area contributed by atoms with Gasteiger partial charge in [0.15, 0.2) is 0 Å². The number of phenolic OH excluding ortho intramolecular Hbond substituents is 1. The predicted octanol–water partition coefficient (Wildman–Crippen LogP) is -0.0941. The highest BCUT2D eigenvalue weighted by Gasteiger charge is 2.32. The molecule has 11 nitrogen and oxygen atoms in total. The summed E-state index contributed by atoms with van der Waals surface area (Å²) in [6.45, 7) is 4.04. The summed E-state index contributed by atoms with van der Waals surface area (Å²) in [5, 5.41) is 26.9. The fraction of sp³-hybridized carbons (Fsp3) is 0.583. The summed E-state index contributed by atoms with van der Waals surface area (Å²) in [7, 11) is 0. The van der Waals surface area contributed by atoms with Gasteiger partial charge in [0.05, 0.1) is 6.04 Å². The Bertz CT molecular complexity index is 869. The maximum atomic E-state index is 13.2. The van der Waals surface area contributed by atoms with Crippen molar-refractivity contribution in [2.75, 3.05) is 12.3 Å². The van der Waals surface area contributed by atoms with Crippen LogP contribution in [0.4, 0.5) is 0 Å². The van der Waals surface area contributed by atoms with Crippen LogP contribution in [0.5, 0.6) is 5.75 Å². The molecule has 202 valence electrons. The number of hydrogen-bond acceptors (Lipinski definition) is 8. The Balaban J connectivity index is 3.15. The molecule has 0 bridgehead atoms. The second kappa shape index (κ2) is 16.0. The molecule has 0 aliphatic rings. The average molecular weight is 526 g/mol. The number of hydrogen-bond donors (Lipinski definition) is 8. The van der Waals surface area contributed by atoms with Gasteiger partial charge in [-0.25, -0.2) is 4.79 Å². The van der Waals surface area contributed by atoms with Gasteiger partial charge in [-0.15, -0.1) is 0 Å². The van der Waals surface area contributed by atoms with Crippen LogP contribution >= 0.6 is 12.6 Å². The van der Waals surface area contributed by atoms with E-state index in [1.807, 2.05) is 6.92 Å². The molecule has 1 aromatic rings. The second-order valence-electron chi connectivity index (χ2n) is 8.78. The molecule has 0 unspecified atom stereocenters. The van der Waals surface area contributed by atoms with Gasteiger partial charge < -0.3 is 37.6 Å². The molecule has 0 aliphatic carbocycles. The monoisotopic (exact) mass is 525 g/mol. The Morgan fingerprint density at radius 1 is 0.972 bits per heavy atom. The van der Waals surface area contributed by atoms with Crippen LogP contribution in [0.15, 0.2) is 24.3 Å². The normalized spacial score (nSPS) is 15.1. The molecule has 0 saturated heterocycles. The molecule has 0 aromatic heterocycles. The molecule has 0 saturated carbocycles. The number of aromatic hydroxyl groups is 1. The lowest BCUT2D eigenvalue weighted by molar-refractivity contribution is -0.142. The maximum absolute atomic E-state index is 13.2. The predicted molar refractivity (Wildman–Crippen MR) is 139 cm³/mol. The van der Waals surface area contributed by atoms with E-state index in [1.165, 1.54) is 12.1 Å². The van der Waals surface area contributed by atoms with Crippen LogP contribution in [0.1, 0.15) is 45.1 Å². The Kier molecular flexibility index (Phi) is 13.9. The highest BCUT2D eigenvalue weighted by Crippen LogP contribution is 2.14. The van der Waals surface area contributed by atoms with Crippen LogP contribution in [0.2, 0.25) is 0 Å². The number of rotatable bonds is 16. The van der Waals surface area contributed by atoms with Crippen molar-refractivity contribution in [1.82, 2.24) is 16.0 Å². The molecular weight excluding hydrogens is 486 g/mol. The lowest BCUT2D eigenvalue weighted by atomic mass is 9.96. The lowest BCUT2D eigenvalue weighted by Crippen LogP contribution is -2.59. The van der Waals surface area contributed by atoms with Crippen molar-refractivity contribution in [2.24, 2.45) is 17.4 Å². The third-order valence-corrected chi connectivity index (χ3v) is 6.29. The number of carboxylic acids is 1. The van der Waals surface area contributed by atoms with Crippen molar-refractivity contribution in [3.05, 3.63) is 29.8 Å². The van der Waals surface area contributed by atoms with Crippen molar-refractivity contribution >= 4 is 36.3 Å². The van der Waals surface area contributed by atoms with Gasteiger partial charge >= 0.3 is 5.97 Å². The minimum absolute atomic E-state index is 0.0321. The zero-order valence-electron chi connectivity index (χ0n) is 20.8. The largest absolute Gasteiger partial charge is 0.508 e. The quantitative estimate of drug-likeness (QED) is 0.108. The number of carboxylic acid groups (broad SMARTS) is 1. The summed E-state index contributed by atoms with van der Waals surface area (Å²) in [5.74, 6) is -3.17. The molecule has 0 spiro atoms. The Labute approximate surface area is 217 Å². The van der Waals surface area contributed by atoms with Gasteiger partial charge in [0.1, 0.15) is 23.9 Å². The number of nitrogens with two attached hydrogens (primary N) is 2. The zero-order chi connectivity index (χ0) is 27.3. The molecule has 9 N–H and O–H groups in total. The molecule has 3 amide bonds. The number of nitrogens with one attached hydrogen (secondary N) is 3. The number of thiol groups is 1. The van der Waals surface area contributed by atoms with E-state index in [9.17, 15) is 29.4 Å². The van der Waals surface area contributed by atoms with Crippen molar-refractivity contribution in [2.45, 2.75) is 70.1 Å². The molecule has 1 aromatic carbocycles. The first-order chi connectivity index (χ1) is 17.0. The molecule has 0 aliphatic heterocycles. The first-order valence-electron chi connectivity index (χ1n) is 12.0. The van der Waals surface area contributed by atoms with Crippen molar-refractivity contribution in [1.29, 1.82) is 0 Å². The molecule has 0 heterocycles.